The first kappa shape index (κ1) is 13.3. The number of likely N-dealkylation sites (tertiary alicyclic amines) is 1. The number of carboxylic acid groups (broad SMARTS) is 1. The van der Waals surface area contributed by atoms with Gasteiger partial charge in [0, 0.05) is 18.8 Å². The van der Waals surface area contributed by atoms with E-state index in [9.17, 15) is 9.59 Å². The van der Waals surface area contributed by atoms with Crippen molar-refractivity contribution in [3.63, 3.8) is 0 Å². The third-order valence-electron chi connectivity index (χ3n) is 3.22. The molecule has 1 fully saturated rings. The number of aryl methyl sites for hydroxylation is 1. The molecule has 1 atom stereocenters. The summed E-state index contributed by atoms with van der Waals surface area (Å²) in [6.07, 6.45) is 2.94. The maximum Gasteiger partial charge on any atom is 0.321 e. The minimum atomic E-state index is -0.838. The monoisotopic (exact) mass is 263 g/mol. The van der Waals surface area contributed by atoms with Crippen molar-refractivity contribution in [1.82, 2.24) is 9.88 Å². The molecule has 2 amide bonds. The Kier molecular flexibility index (Phi) is 3.99. The van der Waals surface area contributed by atoms with Crippen molar-refractivity contribution in [2.24, 2.45) is 5.92 Å². The lowest BCUT2D eigenvalue weighted by Crippen LogP contribution is -2.44. The van der Waals surface area contributed by atoms with Gasteiger partial charge in [0.2, 0.25) is 0 Å². The topological polar surface area (TPSA) is 82.5 Å². The van der Waals surface area contributed by atoms with Gasteiger partial charge in [-0.1, -0.05) is 0 Å². The molecule has 6 heteroatoms. The first-order chi connectivity index (χ1) is 9.06. The van der Waals surface area contributed by atoms with E-state index in [1.165, 1.54) is 0 Å². The Morgan fingerprint density at radius 1 is 1.47 bits per heavy atom. The van der Waals surface area contributed by atoms with Gasteiger partial charge in [0.05, 0.1) is 17.8 Å². The molecule has 2 rings (SSSR count). The summed E-state index contributed by atoms with van der Waals surface area (Å²) < 4.78 is 0. The van der Waals surface area contributed by atoms with Gasteiger partial charge >= 0.3 is 12.0 Å². The van der Waals surface area contributed by atoms with E-state index in [0.29, 0.717) is 18.7 Å². The van der Waals surface area contributed by atoms with Crippen LogP contribution in [0.4, 0.5) is 10.5 Å². The van der Waals surface area contributed by atoms with Crippen LogP contribution in [0.25, 0.3) is 0 Å². The minimum Gasteiger partial charge on any atom is -0.481 e. The van der Waals surface area contributed by atoms with Gasteiger partial charge in [-0.05, 0) is 31.9 Å². The van der Waals surface area contributed by atoms with Crippen LogP contribution in [-0.2, 0) is 4.79 Å². The van der Waals surface area contributed by atoms with Crippen molar-refractivity contribution in [3.8, 4) is 0 Å². The maximum atomic E-state index is 12.0. The van der Waals surface area contributed by atoms with Crippen LogP contribution in [-0.4, -0.2) is 40.1 Å². The molecule has 0 bridgehead atoms. The summed E-state index contributed by atoms with van der Waals surface area (Å²) in [6.45, 7) is 2.73. The molecule has 1 aromatic rings. The van der Waals surface area contributed by atoms with Crippen molar-refractivity contribution in [2.45, 2.75) is 19.8 Å². The van der Waals surface area contributed by atoms with Crippen molar-refractivity contribution < 1.29 is 14.7 Å². The van der Waals surface area contributed by atoms with E-state index in [1.807, 2.05) is 13.0 Å². The number of nitrogens with one attached hydrogen (secondary N) is 1. The molecule has 0 radical (unpaired) electrons. The van der Waals surface area contributed by atoms with Gasteiger partial charge in [0.15, 0.2) is 0 Å². The van der Waals surface area contributed by atoms with Crippen LogP contribution >= 0.6 is 0 Å². The van der Waals surface area contributed by atoms with Gasteiger partial charge in [-0.15, -0.1) is 0 Å². The summed E-state index contributed by atoms with van der Waals surface area (Å²) in [5.74, 6) is -1.30. The molecule has 6 nitrogen and oxygen atoms in total. The van der Waals surface area contributed by atoms with Crippen molar-refractivity contribution in [3.05, 3.63) is 24.0 Å². The third kappa shape index (κ3) is 3.43. The van der Waals surface area contributed by atoms with E-state index < -0.39 is 11.9 Å². The molecular formula is C13H17N3O3. The Morgan fingerprint density at radius 2 is 2.26 bits per heavy atom. The number of nitrogens with zero attached hydrogens (tertiary/aromatic N) is 2. The summed E-state index contributed by atoms with van der Waals surface area (Å²) in [7, 11) is 0. The number of rotatable bonds is 2. The molecular weight excluding hydrogens is 246 g/mol. The van der Waals surface area contributed by atoms with E-state index in [4.69, 9.17) is 5.11 Å². The lowest BCUT2D eigenvalue weighted by Gasteiger charge is -2.30. The largest absolute Gasteiger partial charge is 0.481 e. The second-order valence-electron chi connectivity index (χ2n) is 4.74. The van der Waals surface area contributed by atoms with Crippen LogP contribution < -0.4 is 5.32 Å². The van der Waals surface area contributed by atoms with Gasteiger partial charge in [0.1, 0.15) is 0 Å². The number of anilines is 1. The average Bonchev–Trinajstić information content (AvgIpc) is 2.41. The number of piperidine rings is 1. The summed E-state index contributed by atoms with van der Waals surface area (Å²) in [5, 5.41) is 11.7. The number of aromatic nitrogens is 1. The molecule has 1 aliphatic heterocycles. The first-order valence-electron chi connectivity index (χ1n) is 6.27. The molecule has 0 spiro atoms. The maximum absolute atomic E-state index is 12.0. The van der Waals surface area contributed by atoms with Crippen LogP contribution in [0, 0.1) is 12.8 Å². The van der Waals surface area contributed by atoms with Crippen molar-refractivity contribution in [2.75, 3.05) is 18.4 Å². The van der Waals surface area contributed by atoms with E-state index in [0.717, 1.165) is 12.1 Å². The fourth-order valence-electron chi connectivity index (χ4n) is 2.11. The summed E-state index contributed by atoms with van der Waals surface area (Å²) in [6, 6.07) is 3.32. The molecule has 1 aliphatic rings. The highest BCUT2D eigenvalue weighted by Gasteiger charge is 2.28. The number of pyridine rings is 1. The van der Waals surface area contributed by atoms with E-state index >= 15 is 0 Å². The lowest BCUT2D eigenvalue weighted by molar-refractivity contribution is -0.143. The standard InChI is InChI=1S/C13H17N3O3/c1-9-4-5-11(7-14-9)15-13(19)16-6-2-3-10(8-16)12(17)18/h4-5,7,10H,2-3,6,8H2,1H3,(H,15,19)(H,17,18). The molecule has 102 valence electrons. The third-order valence-corrected chi connectivity index (χ3v) is 3.22. The zero-order valence-electron chi connectivity index (χ0n) is 10.8. The van der Waals surface area contributed by atoms with E-state index in [1.54, 1.807) is 17.2 Å². The fourth-order valence-corrected chi connectivity index (χ4v) is 2.11. The van der Waals surface area contributed by atoms with Crippen LogP contribution in [0.5, 0.6) is 0 Å². The molecule has 2 heterocycles. The van der Waals surface area contributed by atoms with E-state index in [-0.39, 0.29) is 12.6 Å². The van der Waals surface area contributed by atoms with Crippen LogP contribution in [0.15, 0.2) is 18.3 Å². The number of hydrogen-bond acceptors (Lipinski definition) is 3. The molecule has 0 saturated carbocycles. The molecule has 0 aromatic carbocycles. The number of carbonyl (C=O) groups excluding carboxylic acids is 1. The van der Waals surface area contributed by atoms with Crippen LogP contribution in [0.3, 0.4) is 0 Å². The van der Waals surface area contributed by atoms with Crippen LogP contribution in [0.1, 0.15) is 18.5 Å². The van der Waals surface area contributed by atoms with Gasteiger partial charge in [-0.25, -0.2) is 4.79 Å². The Labute approximate surface area is 111 Å². The molecule has 1 aromatic heterocycles. The smallest absolute Gasteiger partial charge is 0.321 e. The Bertz CT molecular complexity index is 473. The second-order valence-corrected chi connectivity index (χ2v) is 4.74. The quantitative estimate of drug-likeness (QED) is 0.851. The lowest BCUT2D eigenvalue weighted by atomic mass is 9.99. The fraction of sp³-hybridized carbons (Fsp3) is 0.462. The average molecular weight is 263 g/mol. The molecule has 1 unspecified atom stereocenters. The normalized spacial score (nSPS) is 19.0. The number of hydrogen-bond donors (Lipinski definition) is 2. The molecule has 0 aliphatic carbocycles. The first-order valence-corrected chi connectivity index (χ1v) is 6.27. The molecule has 1 saturated heterocycles. The minimum absolute atomic E-state index is 0.264. The number of aliphatic carboxylic acids is 1. The number of carbonyl (C=O) groups is 2. The van der Waals surface area contributed by atoms with Gasteiger partial charge < -0.3 is 15.3 Å². The molecule has 19 heavy (non-hydrogen) atoms. The van der Waals surface area contributed by atoms with Crippen molar-refractivity contribution >= 4 is 17.7 Å². The van der Waals surface area contributed by atoms with Gasteiger partial charge in [-0.2, -0.15) is 0 Å². The number of amides is 2. The highest BCUT2D eigenvalue weighted by Crippen LogP contribution is 2.17. The molecule has 2 N–H and O–H groups in total. The Hall–Kier alpha value is -2.11. The number of urea groups is 1. The van der Waals surface area contributed by atoms with Crippen LogP contribution in [0.2, 0.25) is 0 Å². The predicted octanol–water partition coefficient (Wildman–Crippen LogP) is 1.72. The zero-order chi connectivity index (χ0) is 13.8. The Morgan fingerprint density at radius 3 is 2.89 bits per heavy atom. The van der Waals surface area contributed by atoms with E-state index in [2.05, 4.69) is 10.3 Å². The second kappa shape index (κ2) is 5.69. The predicted molar refractivity (Wildman–Crippen MR) is 69.9 cm³/mol. The van der Waals surface area contributed by atoms with Crippen molar-refractivity contribution in [1.29, 1.82) is 0 Å². The zero-order valence-corrected chi connectivity index (χ0v) is 10.8. The highest BCUT2D eigenvalue weighted by molar-refractivity contribution is 5.89. The SMILES string of the molecule is Cc1ccc(NC(=O)N2CCCC(C(=O)O)C2)cn1. The summed E-state index contributed by atoms with van der Waals surface area (Å²) in [4.78, 5) is 28.6. The highest BCUT2D eigenvalue weighted by atomic mass is 16.4. The summed E-state index contributed by atoms with van der Waals surface area (Å²) >= 11 is 0. The van der Waals surface area contributed by atoms with Gasteiger partial charge in [-0.3, -0.25) is 9.78 Å². The summed E-state index contributed by atoms with van der Waals surface area (Å²) in [5.41, 5.74) is 1.50. The Balaban J connectivity index is 1.96. The number of carboxylic acids is 1. The van der Waals surface area contributed by atoms with Gasteiger partial charge in [0.25, 0.3) is 0 Å².